The first-order chi connectivity index (χ1) is 8.06. The van der Waals surface area contributed by atoms with Crippen molar-refractivity contribution in [3.8, 4) is 5.75 Å². The van der Waals surface area contributed by atoms with Crippen molar-refractivity contribution in [2.45, 2.75) is 31.7 Å². The molecule has 0 unspecified atom stereocenters. The quantitative estimate of drug-likeness (QED) is 0.814. The van der Waals surface area contributed by atoms with E-state index in [0.29, 0.717) is 17.0 Å². The lowest BCUT2D eigenvalue weighted by molar-refractivity contribution is 0.0854. The van der Waals surface area contributed by atoms with Gasteiger partial charge in [0.1, 0.15) is 5.75 Å². The lowest BCUT2D eigenvalue weighted by Crippen LogP contribution is -2.55. The van der Waals surface area contributed by atoms with Crippen molar-refractivity contribution in [1.29, 1.82) is 0 Å². The zero-order chi connectivity index (χ0) is 12.5. The van der Waals surface area contributed by atoms with Crippen LogP contribution in [-0.2, 0) is 0 Å². The number of benzene rings is 1. The van der Waals surface area contributed by atoms with Gasteiger partial charge in [-0.25, -0.2) is 0 Å². The molecule has 4 heteroatoms. The Kier molecular flexibility index (Phi) is 3.29. The van der Waals surface area contributed by atoms with Crippen LogP contribution >= 0.6 is 11.6 Å². The fourth-order valence-corrected chi connectivity index (χ4v) is 2.34. The normalized spacial score (nSPS) is 17.3. The van der Waals surface area contributed by atoms with E-state index < -0.39 is 0 Å². The fourth-order valence-electron chi connectivity index (χ4n) is 2.01. The number of phenolic OH excluding ortho intramolecular Hbond substituents is 1. The molecule has 1 saturated carbocycles. The number of aryl methyl sites for hydroxylation is 1. The summed E-state index contributed by atoms with van der Waals surface area (Å²) in [5.41, 5.74) is 1.05. The minimum atomic E-state index is -0.218. The van der Waals surface area contributed by atoms with Crippen molar-refractivity contribution in [3.05, 3.63) is 29.3 Å². The molecule has 0 aromatic heterocycles. The van der Waals surface area contributed by atoms with E-state index in [-0.39, 0.29) is 17.2 Å². The highest BCUT2D eigenvalue weighted by Gasteiger charge is 2.37. The summed E-state index contributed by atoms with van der Waals surface area (Å²) < 4.78 is 0. The topological polar surface area (TPSA) is 49.3 Å². The van der Waals surface area contributed by atoms with Gasteiger partial charge in [-0.15, -0.1) is 11.6 Å². The third kappa shape index (κ3) is 2.39. The third-order valence-electron chi connectivity index (χ3n) is 3.40. The number of alkyl halides is 1. The standard InChI is InChI=1S/C13H16ClNO2/c1-9-7-10(3-4-11(9)16)12(17)15-13(8-14)5-2-6-13/h3-4,7,16H,2,5-6,8H2,1H3,(H,15,17). The first-order valence-corrected chi connectivity index (χ1v) is 6.28. The Balaban J connectivity index is 2.11. The molecule has 3 nitrogen and oxygen atoms in total. The minimum absolute atomic E-state index is 0.117. The average molecular weight is 254 g/mol. The van der Waals surface area contributed by atoms with Gasteiger partial charge in [0.2, 0.25) is 0 Å². The van der Waals surface area contributed by atoms with E-state index in [1.807, 2.05) is 0 Å². The maximum absolute atomic E-state index is 12.0. The Morgan fingerprint density at radius 3 is 2.71 bits per heavy atom. The molecule has 0 radical (unpaired) electrons. The van der Waals surface area contributed by atoms with Gasteiger partial charge in [-0.3, -0.25) is 4.79 Å². The van der Waals surface area contributed by atoms with E-state index in [9.17, 15) is 9.90 Å². The molecule has 0 aliphatic heterocycles. The Bertz CT molecular complexity index is 436. The van der Waals surface area contributed by atoms with E-state index in [4.69, 9.17) is 11.6 Å². The maximum atomic E-state index is 12.0. The zero-order valence-electron chi connectivity index (χ0n) is 9.79. The smallest absolute Gasteiger partial charge is 0.251 e. The van der Waals surface area contributed by atoms with E-state index >= 15 is 0 Å². The zero-order valence-corrected chi connectivity index (χ0v) is 10.5. The number of nitrogens with one attached hydrogen (secondary N) is 1. The van der Waals surface area contributed by atoms with Crippen LogP contribution in [0, 0.1) is 6.92 Å². The number of rotatable bonds is 3. The molecule has 0 bridgehead atoms. The van der Waals surface area contributed by atoms with Crippen molar-refractivity contribution >= 4 is 17.5 Å². The van der Waals surface area contributed by atoms with Gasteiger partial charge in [-0.05, 0) is 49.9 Å². The third-order valence-corrected chi connectivity index (χ3v) is 3.92. The van der Waals surface area contributed by atoms with E-state index in [0.717, 1.165) is 19.3 Å². The van der Waals surface area contributed by atoms with Gasteiger partial charge < -0.3 is 10.4 Å². The minimum Gasteiger partial charge on any atom is -0.508 e. The van der Waals surface area contributed by atoms with Gasteiger partial charge in [-0.1, -0.05) is 0 Å². The van der Waals surface area contributed by atoms with Gasteiger partial charge in [-0.2, -0.15) is 0 Å². The summed E-state index contributed by atoms with van der Waals surface area (Å²) in [6.45, 7) is 1.77. The van der Waals surface area contributed by atoms with Gasteiger partial charge >= 0.3 is 0 Å². The number of carbonyl (C=O) groups is 1. The predicted octanol–water partition coefficient (Wildman–Crippen LogP) is 2.59. The highest BCUT2D eigenvalue weighted by atomic mass is 35.5. The van der Waals surface area contributed by atoms with Crippen molar-refractivity contribution in [3.63, 3.8) is 0 Å². The van der Waals surface area contributed by atoms with Crippen LogP contribution in [0.4, 0.5) is 0 Å². The molecule has 1 amide bonds. The Labute approximate surface area is 106 Å². The summed E-state index contributed by atoms with van der Waals surface area (Å²) in [6, 6.07) is 4.85. The monoisotopic (exact) mass is 253 g/mol. The summed E-state index contributed by atoms with van der Waals surface area (Å²) in [6.07, 6.45) is 3.00. The molecular formula is C13H16ClNO2. The van der Waals surface area contributed by atoms with E-state index in [1.54, 1.807) is 25.1 Å². The second-order valence-corrected chi connectivity index (χ2v) is 4.99. The second-order valence-electron chi connectivity index (χ2n) is 4.72. The van der Waals surface area contributed by atoms with E-state index in [2.05, 4.69) is 5.32 Å². The predicted molar refractivity (Wildman–Crippen MR) is 67.6 cm³/mol. The van der Waals surface area contributed by atoms with Crippen LogP contribution in [0.15, 0.2) is 18.2 Å². The van der Waals surface area contributed by atoms with Crippen LogP contribution in [0.25, 0.3) is 0 Å². The first-order valence-electron chi connectivity index (χ1n) is 5.74. The number of aromatic hydroxyl groups is 1. The number of phenols is 1. The van der Waals surface area contributed by atoms with Gasteiger partial charge in [0.05, 0.1) is 5.54 Å². The number of carbonyl (C=O) groups excluding carboxylic acids is 1. The Morgan fingerprint density at radius 2 is 2.24 bits per heavy atom. The molecule has 2 N–H and O–H groups in total. The van der Waals surface area contributed by atoms with Crippen LogP contribution < -0.4 is 5.32 Å². The molecule has 0 saturated heterocycles. The summed E-state index contributed by atoms with van der Waals surface area (Å²) in [7, 11) is 0. The molecule has 1 aliphatic rings. The van der Waals surface area contributed by atoms with Gasteiger partial charge in [0.15, 0.2) is 0 Å². The largest absolute Gasteiger partial charge is 0.508 e. The molecule has 2 rings (SSSR count). The fraction of sp³-hybridized carbons (Fsp3) is 0.462. The molecular weight excluding hydrogens is 238 g/mol. The van der Waals surface area contributed by atoms with Crippen molar-refractivity contribution in [2.75, 3.05) is 5.88 Å². The van der Waals surface area contributed by atoms with Crippen LogP contribution in [0.2, 0.25) is 0 Å². The summed E-state index contributed by atoms with van der Waals surface area (Å²) in [4.78, 5) is 12.0. The SMILES string of the molecule is Cc1cc(C(=O)NC2(CCl)CCC2)ccc1O. The van der Waals surface area contributed by atoms with Crippen molar-refractivity contribution in [1.82, 2.24) is 5.32 Å². The Hall–Kier alpha value is -1.22. The molecule has 1 fully saturated rings. The lowest BCUT2D eigenvalue weighted by Gasteiger charge is -2.41. The highest BCUT2D eigenvalue weighted by molar-refractivity contribution is 6.19. The number of halogens is 1. The maximum Gasteiger partial charge on any atom is 0.251 e. The van der Waals surface area contributed by atoms with Crippen LogP contribution in [0.5, 0.6) is 5.75 Å². The number of amides is 1. The van der Waals surface area contributed by atoms with Crippen molar-refractivity contribution < 1.29 is 9.90 Å². The molecule has 0 heterocycles. The molecule has 0 atom stereocenters. The van der Waals surface area contributed by atoms with Gasteiger partial charge in [0, 0.05) is 11.4 Å². The first kappa shape index (κ1) is 12.2. The molecule has 0 spiro atoms. The molecule has 17 heavy (non-hydrogen) atoms. The molecule has 1 aromatic carbocycles. The van der Waals surface area contributed by atoms with Crippen molar-refractivity contribution in [2.24, 2.45) is 0 Å². The summed E-state index contributed by atoms with van der Waals surface area (Å²) in [5.74, 6) is 0.543. The van der Waals surface area contributed by atoms with Crippen LogP contribution in [0.1, 0.15) is 35.2 Å². The van der Waals surface area contributed by atoms with Crippen LogP contribution in [0.3, 0.4) is 0 Å². The molecule has 1 aromatic rings. The Morgan fingerprint density at radius 1 is 1.53 bits per heavy atom. The van der Waals surface area contributed by atoms with Crippen LogP contribution in [-0.4, -0.2) is 22.4 Å². The molecule has 92 valence electrons. The van der Waals surface area contributed by atoms with E-state index in [1.165, 1.54) is 0 Å². The second kappa shape index (κ2) is 4.57. The number of hydrogen-bond acceptors (Lipinski definition) is 2. The summed E-state index contributed by atoms with van der Waals surface area (Å²) in [5, 5.41) is 12.4. The number of hydrogen-bond donors (Lipinski definition) is 2. The average Bonchev–Trinajstić information content (AvgIpc) is 2.27. The lowest BCUT2D eigenvalue weighted by atomic mass is 9.78. The molecule has 1 aliphatic carbocycles. The summed E-state index contributed by atoms with van der Waals surface area (Å²) >= 11 is 5.89. The highest BCUT2D eigenvalue weighted by Crippen LogP contribution is 2.33. The van der Waals surface area contributed by atoms with Gasteiger partial charge in [0.25, 0.3) is 5.91 Å².